The molecule has 0 radical (unpaired) electrons. The summed E-state index contributed by atoms with van der Waals surface area (Å²) in [6.07, 6.45) is 8.02. The van der Waals surface area contributed by atoms with Gasteiger partial charge in [-0.05, 0) is 31.7 Å². The van der Waals surface area contributed by atoms with E-state index in [-0.39, 0.29) is 17.9 Å². The van der Waals surface area contributed by atoms with Crippen LogP contribution in [0.1, 0.15) is 61.6 Å². The lowest BCUT2D eigenvalue weighted by Gasteiger charge is -2.33. The summed E-state index contributed by atoms with van der Waals surface area (Å²) in [5, 5.41) is 0. The quantitative estimate of drug-likeness (QED) is 0.858. The summed E-state index contributed by atoms with van der Waals surface area (Å²) in [4.78, 5) is 26.9. The molecule has 1 amide bonds. The predicted octanol–water partition coefficient (Wildman–Crippen LogP) is 3.21. The lowest BCUT2D eigenvalue weighted by Crippen LogP contribution is -2.43. The summed E-state index contributed by atoms with van der Waals surface area (Å²) in [5.41, 5.74) is 0.674. The van der Waals surface area contributed by atoms with E-state index in [4.69, 9.17) is 4.42 Å². The van der Waals surface area contributed by atoms with Crippen LogP contribution < -0.4 is 0 Å². The molecule has 2 atom stereocenters. The van der Waals surface area contributed by atoms with Crippen LogP contribution in [0.15, 0.2) is 16.7 Å². The third-order valence-electron chi connectivity index (χ3n) is 4.92. The molecule has 1 aliphatic heterocycles. The molecular formula is C17H23NO3. The Morgan fingerprint density at radius 2 is 2.19 bits per heavy atom. The van der Waals surface area contributed by atoms with E-state index in [1.165, 1.54) is 0 Å². The number of hydrogen-bond donors (Lipinski definition) is 0. The van der Waals surface area contributed by atoms with Gasteiger partial charge in [0.1, 0.15) is 11.5 Å². The van der Waals surface area contributed by atoms with Gasteiger partial charge in [-0.25, -0.2) is 0 Å². The highest BCUT2D eigenvalue weighted by Gasteiger charge is 2.39. The van der Waals surface area contributed by atoms with Crippen molar-refractivity contribution in [3.63, 3.8) is 0 Å². The average molecular weight is 289 g/mol. The zero-order valence-electron chi connectivity index (χ0n) is 12.6. The van der Waals surface area contributed by atoms with Crippen LogP contribution in [0.2, 0.25) is 0 Å². The molecule has 21 heavy (non-hydrogen) atoms. The Labute approximate surface area is 125 Å². The van der Waals surface area contributed by atoms with Gasteiger partial charge < -0.3 is 9.32 Å². The van der Waals surface area contributed by atoms with E-state index >= 15 is 0 Å². The van der Waals surface area contributed by atoms with E-state index in [1.54, 1.807) is 12.3 Å². The van der Waals surface area contributed by atoms with E-state index in [0.717, 1.165) is 50.8 Å². The smallest absolute Gasteiger partial charge is 0.257 e. The standard InChI is InChI=1S/C17H23NO3/c1-2-16-13(9-11-21-16)17(20)18-10-5-7-14(18)12-6-3-4-8-15(12)19/h9,11-12,14H,2-8,10H2,1H3. The molecule has 2 unspecified atom stereocenters. The van der Waals surface area contributed by atoms with Crippen LogP contribution in [0.4, 0.5) is 0 Å². The maximum absolute atomic E-state index is 12.8. The Balaban J connectivity index is 1.80. The van der Waals surface area contributed by atoms with Gasteiger partial charge in [0.15, 0.2) is 0 Å². The fourth-order valence-corrected chi connectivity index (χ4v) is 3.84. The predicted molar refractivity (Wildman–Crippen MR) is 79.1 cm³/mol. The highest BCUT2D eigenvalue weighted by Crippen LogP contribution is 2.33. The molecule has 0 spiro atoms. The summed E-state index contributed by atoms with van der Waals surface area (Å²) in [6, 6.07) is 1.86. The number of rotatable bonds is 3. The normalized spacial score (nSPS) is 26.3. The molecule has 1 aromatic heterocycles. The number of hydrogen-bond acceptors (Lipinski definition) is 3. The molecule has 4 nitrogen and oxygen atoms in total. The van der Waals surface area contributed by atoms with Gasteiger partial charge in [-0.2, -0.15) is 0 Å². The van der Waals surface area contributed by atoms with Crippen molar-refractivity contribution in [2.45, 2.75) is 57.9 Å². The molecule has 0 aromatic carbocycles. The van der Waals surface area contributed by atoms with E-state index in [9.17, 15) is 9.59 Å². The van der Waals surface area contributed by atoms with Crippen molar-refractivity contribution >= 4 is 11.7 Å². The van der Waals surface area contributed by atoms with Gasteiger partial charge in [-0.15, -0.1) is 0 Å². The zero-order valence-corrected chi connectivity index (χ0v) is 12.6. The van der Waals surface area contributed by atoms with Crippen LogP contribution in [-0.2, 0) is 11.2 Å². The van der Waals surface area contributed by atoms with Crippen molar-refractivity contribution in [3.8, 4) is 0 Å². The van der Waals surface area contributed by atoms with Crippen LogP contribution >= 0.6 is 0 Å². The lowest BCUT2D eigenvalue weighted by atomic mass is 9.81. The van der Waals surface area contributed by atoms with E-state index in [0.29, 0.717) is 17.8 Å². The first kappa shape index (κ1) is 14.4. The van der Waals surface area contributed by atoms with Gasteiger partial charge in [0.2, 0.25) is 0 Å². The molecule has 1 saturated carbocycles. The van der Waals surface area contributed by atoms with Crippen LogP contribution in [0.25, 0.3) is 0 Å². The largest absolute Gasteiger partial charge is 0.469 e. The second-order valence-electron chi connectivity index (χ2n) is 6.14. The number of nitrogens with zero attached hydrogens (tertiary/aromatic N) is 1. The van der Waals surface area contributed by atoms with Gasteiger partial charge in [-0.1, -0.05) is 13.3 Å². The van der Waals surface area contributed by atoms with Gasteiger partial charge in [-0.3, -0.25) is 9.59 Å². The minimum atomic E-state index is 0.0430. The van der Waals surface area contributed by atoms with Crippen molar-refractivity contribution in [2.24, 2.45) is 5.92 Å². The van der Waals surface area contributed by atoms with E-state index in [1.807, 2.05) is 11.8 Å². The maximum Gasteiger partial charge on any atom is 0.257 e. The molecule has 1 aliphatic carbocycles. The SMILES string of the molecule is CCc1occc1C(=O)N1CCCC1C1CCCCC1=O. The van der Waals surface area contributed by atoms with Crippen molar-refractivity contribution in [2.75, 3.05) is 6.54 Å². The topological polar surface area (TPSA) is 50.5 Å². The molecule has 4 heteroatoms. The Morgan fingerprint density at radius 3 is 2.95 bits per heavy atom. The molecule has 2 fully saturated rings. The molecule has 2 aliphatic rings. The molecule has 0 bridgehead atoms. The monoisotopic (exact) mass is 289 g/mol. The summed E-state index contributed by atoms with van der Waals surface area (Å²) in [5.74, 6) is 1.21. The second-order valence-corrected chi connectivity index (χ2v) is 6.14. The maximum atomic E-state index is 12.8. The van der Waals surface area contributed by atoms with Crippen LogP contribution in [0.3, 0.4) is 0 Å². The fraction of sp³-hybridized carbons (Fsp3) is 0.647. The van der Waals surface area contributed by atoms with Crippen molar-refractivity contribution in [1.29, 1.82) is 0 Å². The van der Waals surface area contributed by atoms with Crippen molar-refractivity contribution in [1.82, 2.24) is 4.90 Å². The second kappa shape index (κ2) is 6.04. The molecule has 3 rings (SSSR count). The van der Waals surface area contributed by atoms with E-state index < -0.39 is 0 Å². The third kappa shape index (κ3) is 2.63. The number of furan rings is 1. The first-order valence-electron chi connectivity index (χ1n) is 8.12. The first-order chi connectivity index (χ1) is 10.2. The number of likely N-dealkylation sites (tertiary alicyclic amines) is 1. The third-order valence-corrected chi connectivity index (χ3v) is 4.92. The molecule has 1 saturated heterocycles. The number of ketones is 1. The molecule has 0 N–H and O–H groups in total. The van der Waals surface area contributed by atoms with Gasteiger partial charge in [0.05, 0.1) is 11.8 Å². The van der Waals surface area contributed by atoms with Crippen molar-refractivity contribution < 1.29 is 14.0 Å². The number of carbonyl (C=O) groups excluding carboxylic acids is 2. The minimum absolute atomic E-state index is 0.0430. The summed E-state index contributed by atoms with van der Waals surface area (Å²) in [7, 11) is 0. The van der Waals surface area contributed by atoms with E-state index in [2.05, 4.69) is 0 Å². The molecule has 1 aromatic rings. The number of Topliss-reactive ketones (excluding diaryl/α,β-unsaturated/α-hetero) is 1. The lowest BCUT2D eigenvalue weighted by molar-refractivity contribution is -0.126. The van der Waals surface area contributed by atoms with Gasteiger partial charge >= 0.3 is 0 Å². The zero-order chi connectivity index (χ0) is 14.8. The highest BCUT2D eigenvalue weighted by molar-refractivity contribution is 5.96. The summed E-state index contributed by atoms with van der Waals surface area (Å²) >= 11 is 0. The Bertz CT molecular complexity index is 534. The Kier molecular flexibility index (Phi) is 4.13. The van der Waals surface area contributed by atoms with Crippen LogP contribution in [0.5, 0.6) is 0 Å². The van der Waals surface area contributed by atoms with Crippen LogP contribution in [0, 0.1) is 5.92 Å². The minimum Gasteiger partial charge on any atom is -0.469 e. The number of carbonyl (C=O) groups is 2. The number of amides is 1. The number of aryl methyl sites for hydroxylation is 1. The Morgan fingerprint density at radius 1 is 1.33 bits per heavy atom. The summed E-state index contributed by atoms with van der Waals surface area (Å²) in [6.45, 7) is 2.75. The average Bonchev–Trinajstić information content (AvgIpc) is 3.16. The van der Waals surface area contributed by atoms with Gasteiger partial charge in [0, 0.05) is 31.3 Å². The van der Waals surface area contributed by atoms with Crippen molar-refractivity contribution in [3.05, 3.63) is 23.7 Å². The molecule has 2 heterocycles. The highest BCUT2D eigenvalue weighted by atomic mass is 16.3. The summed E-state index contributed by atoms with van der Waals surface area (Å²) < 4.78 is 5.38. The molecule has 114 valence electrons. The fourth-order valence-electron chi connectivity index (χ4n) is 3.84. The Hall–Kier alpha value is -1.58. The first-order valence-corrected chi connectivity index (χ1v) is 8.12. The van der Waals surface area contributed by atoms with Crippen LogP contribution in [-0.4, -0.2) is 29.2 Å². The van der Waals surface area contributed by atoms with Gasteiger partial charge in [0.25, 0.3) is 5.91 Å². The molecular weight excluding hydrogens is 266 g/mol.